The molecule has 2 N–H and O–H groups in total. The number of carbonyl (C=O) groups excluding carboxylic acids is 1. The third-order valence-electron chi connectivity index (χ3n) is 2.76. The number of ether oxygens (including phenoxy) is 1. The monoisotopic (exact) mass is 278 g/mol. The molecule has 0 atom stereocenters. The molecular formula is C13H15FN4O2. The van der Waals surface area contributed by atoms with Crippen molar-refractivity contribution < 1.29 is 13.9 Å². The molecule has 2 rings (SSSR count). The van der Waals surface area contributed by atoms with Crippen molar-refractivity contribution in [3.05, 3.63) is 41.5 Å². The van der Waals surface area contributed by atoms with Gasteiger partial charge >= 0.3 is 0 Å². The number of nitrogens with two attached hydrogens (primary N) is 1. The van der Waals surface area contributed by atoms with Crippen LogP contribution >= 0.6 is 0 Å². The summed E-state index contributed by atoms with van der Waals surface area (Å²) in [5, 5.41) is 7.56. The van der Waals surface area contributed by atoms with E-state index >= 15 is 0 Å². The average Bonchev–Trinajstić information content (AvgIpc) is 2.88. The van der Waals surface area contributed by atoms with Gasteiger partial charge in [-0.1, -0.05) is 11.3 Å². The molecular weight excluding hydrogens is 263 g/mol. The second-order valence-corrected chi connectivity index (χ2v) is 4.22. The van der Waals surface area contributed by atoms with E-state index in [9.17, 15) is 9.18 Å². The molecule has 2 aromatic rings. The van der Waals surface area contributed by atoms with Gasteiger partial charge in [-0.15, -0.1) is 5.10 Å². The molecule has 0 fully saturated rings. The zero-order chi connectivity index (χ0) is 14.5. The predicted octanol–water partition coefficient (Wildman–Crippen LogP) is 0.810. The number of carbonyl (C=O) groups is 1. The van der Waals surface area contributed by atoms with Crippen LogP contribution in [0.2, 0.25) is 0 Å². The van der Waals surface area contributed by atoms with Crippen LogP contribution < -0.4 is 10.5 Å². The molecule has 0 bridgehead atoms. The number of methoxy groups -OCH3 is 1. The highest BCUT2D eigenvalue weighted by atomic mass is 19.1. The standard InChI is InChI=1S/C13H15FN4O2/c1-20-13-3-2-9(6-10(13)14)7-12(19)11-8-18(5-4-15)17-16-11/h2-3,6,8H,4-5,7,15H2,1H3. The van der Waals surface area contributed by atoms with Crippen LogP contribution in [0.5, 0.6) is 5.75 Å². The van der Waals surface area contributed by atoms with Crippen molar-refractivity contribution >= 4 is 5.78 Å². The summed E-state index contributed by atoms with van der Waals surface area (Å²) < 4.78 is 19.8. The lowest BCUT2D eigenvalue weighted by molar-refractivity contribution is 0.0988. The number of ketones is 1. The third kappa shape index (κ3) is 3.18. The minimum absolute atomic E-state index is 0.0578. The van der Waals surface area contributed by atoms with E-state index in [1.165, 1.54) is 30.1 Å². The maximum Gasteiger partial charge on any atom is 0.189 e. The summed E-state index contributed by atoms with van der Waals surface area (Å²) >= 11 is 0. The Hall–Kier alpha value is -2.28. The topological polar surface area (TPSA) is 83.0 Å². The highest BCUT2D eigenvalue weighted by Crippen LogP contribution is 2.18. The number of nitrogens with zero attached hydrogens (tertiary/aromatic N) is 3. The van der Waals surface area contributed by atoms with Crippen molar-refractivity contribution in [3.63, 3.8) is 0 Å². The Morgan fingerprint density at radius 2 is 2.30 bits per heavy atom. The van der Waals surface area contributed by atoms with Gasteiger partial charge in [0.1, 0.15) is 5.69 Å². The molecule has 0 radical (unpaired) electrons. The summed E-state index contributed by atoms with van der Waals surface area (Å²) in [7, 11) is 1.39. The first-order chi connectivity index (χ1) is 9.63. The Morgan fingerprint density at radius 3 is 2.95 bits per heavy atom. The van der Waals surface area contributed by atoms with Crippen LogP contribution in [0.4, 0.5) is 4.39 Å². The first kappa shape index (κ1) is 14.1. The van der Waals surface area contributed by atoms with E-state index in [-0.39, 0.29) is 23.6 Å². The van der Waals surface area contributed by atoms with Crippen LogP contribution in [0, 0.1) is 5.82 Å². The van der Waals surface area contributed by atoms with Gasteiger partial charge < -0.3 is 10.5 Å². The predicted molar refractivity (Wildman–Crippen MR) is 70.1 cm³/mol. The van der Waals surface area contributed by atoms with Gasteiger partial charge in [0.25, 0.3) is 0 Å². The summed E-state index contributed by atoms with van der Waals surface area (Å²) in [6.45, 7) is 0.915. The maximum atomic E-state index is 13.5. The van der Waals surface area contributed by atoms with Crippen molar-refractivity contribution in [1.29, 1.82) is 0 Å². The Morgan fingerprint density at radius 1 is 1.50 bits per heavy atom. The number of hydrogen-bond acceptors (Lipinski definition) is 5. The van der Waals surface area contributed by atoms with Gasteiger partial charge in [-0.05, 0) is 17.7 Å². The summed E-state index contributed by atoms with van der Waals surface area (Å²) in [4.78, 5) is 12.0. The largest absolute Gasteiger partial charge is 0.494 e. The van der Waals surface area contributed by atoms with Crippen molar-refractivity contribution in [2.75, 3.05) is 13.7 Å². The SMILES string of the molecule is COc1ccc(CC(=O)c2cn(CCN)nn2)cc1F. The van der Waals surface area contributed by atoms with Gasteiger partial charge in [0, 0.05) is 13.0 Å². The molecule has 20 heavy (non-hydrogen) atoms. The molecule has 0 aliphatic carbocycles. The van der Waals surface area contributed by atoms with Gasteiger partial charge in [-0.3, -0.25) is 9.48 Å². The number of Topliss-reactive ketones (excluding diaryl/α,β-unsaturated/α-hetero) is 1. The van der Waals surface area contributed by atoms with Crippen LogP contribution in [0.15, 0.2) is 24.4 Å². The Labute approximate surface area is 115 Å². The fourth-order valence-corrected chi connectivity index (χ4v) is 1.76. The van der Waals surface area contributed by atoms with Crippen LogP contribution in [-0.4, -0.2) is 34.4 Å². The minimum atomic E-state index is -0.496. The van der Waals surface area contributed by atoms with E-state index in [2.05, 4.69) is 10.3 Å². The third-order valence-corrected chi connectivity index (χ3v) is 2.76. The molecule has 0 aliphatic rings. The Bertz CT molecular complexity index is 612. The summed E-state index contributed by atoms with van der Waals surface area (Å²) in [6, 6.07) is 4.41. The van der Waals surface area contributed by atoms with E-state index in [1.807, 2.05) is 0 Å². The van der Waals surface area contributed by atoms with E-state index in [1.54, 1.807) is 6.07 Å². The van der Waals surface area contributed by atoms with E-state index in [4.69, 9.17) is 10.5 Å². The fourth-order valence-electron chi connectivity index (χ4n) is 1.76. The number of hydrogen-bond donors (Lipinski definition) is 1. The molecule has 1 heterocycles. The van der Waals surface area contributed by atoms with Gasteiger partial charge in [0.05, 0.1) is 19.9 Å². The molecule has 1 aromatic carbocycles. The normalized spacial score (nSPS) is 10.6. The highest BCUT2D eigenvalue weighted by molar-refractivity contribution is 5.95. The van der Waals surface area contributed by atoms with Gasteiger partial charge in [-0.2, -0.15) is 0 Å². The summed E-state index contributed by atoms with van der Waals surface area (Å²) in [5.41, 5.74) is 6.19. The van der Waals surface area contributed by atoms with Crippen molar-refractivity contribution in [3.8, 4) is 5.75 Å². The van der Waals surface area contributed by atoms with Gasteiger partial charge in [0.2, 0.25) is 0 Å². The molecule has 6 nitrogen and oxygen atoms in total. The van der Waals surface area contributed by atoms with Crippen LogP contribution in [0.1, 0.15) is 16.1 Å². The quantitative estimate of drug-likeness (QED) is 0.791. The first-order valence-corrected chi connectivity index (χ1v) is 6.10. The van der Waals surface area contributed by atoms with Crippen LogP contribution in [0.25, 0.3) is 0 Å². The lowest BCUT2D eigenvalue weighted by atomic mass is 10.1. The van der Waals surface area contributed by atoms with Crippen molar-refractivity contribution in [1.82, 2.24) is 15.0 Å². The number of aromatic nitrogens is 3. The van der Waals surface area contributed by atoms with Crippen molar-refractivity contribution in [2.24, 2.45) is 5.73 Å². The zero-order valence-electron chi connectivity index (χ0n) is 11.0. The molecule has 0 saturated carbocycles. The second-order valence-electron chi connectivity index (χ2n) is 4.22. The molecule has 0 spiro atoms. The highest BCUT2D eigenvalue weighted by Gasteiger charge is 2.13. The molecule has 0 unspecified atom stereocenters. The number of halogens is 1. The fraction of sp³-hybridized carbons (Fsp3) is 0.308. The average molecular weight is 278 g/mol. The summed E-state index contributed by atoms with van der Waals surface area (Å²) in [5.74, 6) is -0.572. The molecule has 106 valence electrons. The molecule has 7 heteroatoms. The lowest BCUT2D eigenvalue weighted by Gasteiger charge is -2.03. The number of benzene rings is 1. The molecule has 1 aromatic heterocycles. The van der Waals surface area contributed by atoms with Crippen LogP contribution in [0.3, 0.4) is 0 Å². The minimum Gasteiger partial charge on any atom is -0.494 e. The maximum absolute atomic E-state index is 13.5. The van der Waals surface area contributed by atoms with Gasteiger partial charge in [-0.25, -0.2) is 4.39 Å². The first-order valence-electron chi connectivity index (χ1n) is 6.10. The van der Waals surface area contributed by atoms with Crippen molar-refractivity contribution in [2.45, 2.75) is 13.0 Å². The summed E-state index contributed by atoms with van der Waals surface area (Å²) in [6.07, 6.45) is 1.59. The molecule has 0 amide bonds. The van der Waals surface area contributed by atoms with E-state index in [0.717, 1.165) is 0 Å². The Kier molecular flexibility index (Phi) is 4.41. The molecule has 0 aliphatic heterocycles. The van der Waals surface area contributed by atoms with E-state index in [0.29, 0.717) is 18.7 Å². The van der Waals surface area contributed by atoms with E-state index < -0.39 is 5.82 Å². The van der Waals surface area contributed by atoms with Gasteiger partial charge in [0.15, 0.2) is 17.3 Å². The Balaban J connectivity index is 2.08. The lowest BCUT2D eigenvalue weighted by Crippen LogP contribution is -2.10. The molecule has 0 saturated heterocycles. The zero-order valence-corrected chi connectivity index (χ0v) is 11.0. The second kappa shape index (κ2) is 6.25. The number of rotatable bonds is 6. The van der Waals surface area contributed by atoms with Crippen LogP contribution in [-0.2, 0) is 13.0 Å². The smallest absolute Gasteiger partial charge is 0.189 e.